The summed E-state index contributed by atoms with van der Waals surface area (Å²) in [7, 11) is 0. The standard InChI is InChI=1S/C10H14N2O5S/c1-4-2-12(10(16)11-8(4)18)9-7(15)6(14)5(3-13)17-9/h2,5-7,9,13-15H,3H2,1H3,(H,11,16,18)/t5-,6-,7+,9+/m1/s1. The Balaban J connectivity index is 2.42. The molecule has 0 aromatic carbocycles. The summed E-state index contributed by atoms with van der Waals surface area (Å²) >= 11 is 4.91. The minimum atomic E-state index is -1.29. The SMILES string of the molecule is Cc1cn([C@H]2O[C@H](CO)[C@@H](O)[C@@H]2O)c(=O)[nH]c1=S. The van der Waals surface area contributed by atoms with E-state index in [2.05, 4.69) is 4.98 Å². The number of nitrogens with zero attached hydrogens (tertiary/aromatic N) is 1. The number of H-pyrrole nitrogens is 1. The van der Waals surface area contributed by atoms with Crippen LogP contribution in [0.25, 0.3) is 0 Å². The molecule has 0 aliphatic carbocycles. The molecule has 1 fully saturated rings. The molecule has 100 valence electrons. The average molecular weight is 274 g/mol. The van der Waals surface area contributed by atoms with Gasteiger partial charge in [-0.2, -0.15) is 0 Å². The van der Waals surface area contributed by atoms with Crippen LogP contribution in [0, 0.1) is 11.6 Å². The molecule has 1 saturated heterocycles. The normalized spacial score (nSPS) is 31.8. The number of aromatic amines is 1. The summed E-state index contributed by atoms with van der Waals surface area (Å²) < 4.78 is 6.68. The molecule has 1 aromatic heterocycles. The van der Waals surface area contributed by atoms with Crippen molar-refractivity contribution in [3.05, 3.63) is 26.9 Å². The lowest BCUT2D eigenvalue weighted by Crippen LogP contribution is -2.36. The molecule has 7 nitrogen and oxygen atoms in total. The average Bonchev–Trinajstić information content (AvgIpc) is 2.61. The van der Waals surface area contributed by atoms with Crippen LogP contribution in [0.1, 0.15) is 11.8 Å². The van der Waals surface area contributed by atoms with E-state index in [4.69, 9.17) is 22.1 Å². The van der Waals surface area contributed by atoms with Gasteiger partial charge in [-0.1, -0.05) is 12.2 Å². The van der Waals surface area contributed by atoms with E-state index in [1.807, 2.05) is 0 Å². The van der Waals surface area contributed by atoms with Crippen molar-refractivity contribution < 1.29 is 20.1 Å². The smallest absolute Gasteiger partial charge is 0.328 e. The predicted molar refractivity (Wildman–Crippen MR) is 63.6 cm³/mol. The number of aliphatic hydroxyl groups excluding tert-OH is 3. The molecule has 0 bridgehead atoms. The van der Waals surface area contributed by atoms with Gasteiger partial charge in [0, 0.05) is 11.8 Å². The Morgan fingerprint density at radius 2 is 2.17 bits per heavy atom. The number of hydrogen-bond donors (Lipinski definition) is 4. The van der Waals surface area contributed by atoms with Crippen molar-refractivity contribution in [2.75, 3.05) is 6.61 Å². The number of aromatic nitrogens is 2. The monoisotopic (exact) mass is 274 g/mol. The zero-order valence-corrected chi connectivity index (χ0v) is 10.4. The van der Waals surface area contributed by atoms with E-state index >= 15 is 0 Å². The number of aryl methyl sites for hydroxylation is 1. The Kier molecular flexibility index (Phi) is 3.64. The van der Waals surface area contributed by atoms with Crippen LogP contribution < -0.4 is 5.69 Å². The van der Waals surface area contributed by atoms with Crippen LogP contribution in [0.3, 0.4) is 0 Å². The van der Waals surface area contributed by atoms with Crippen molar-refractivity contribution in [3.8, 4) is 0 Å². The molecule has 0 saturated carbocycles. The first-order valence-corrected chi connectivity index (χ1v) is 5.81. The summed E-state index contributed by atoms with van der Waals surface area (Å²) in [4.78, 5) is 14.2. The maximum absolute atomic E-state index is 11.7. The number of aliphatic hydroxyl groups is 3. The van der Waals surface area contributed by atoms with Gasteiger partial charge < -0.3 is 20.1 Å². The summed E-state index contributed by atoms with van der Waals surface area (Å²) in [5, 5.41) is 28.4. The molecular weight excluding hydrogens is 260 g/mol. The minimum absolute atomic E-state index is 0.308. The third-order valence-electron chi connectivity index (χ3n) is 2.94. The van der Waals surface area contributed by atoms with E-state index in [1.165, 1.54) is 6.20 Å². The van der Waals surface area contributed by atoms with E-state index in [0.717, 1.165) is 4.57 Å². The molecule has 18 heavy (non-hydrogen) atoms. The second kappa shape index (κ2) is 4.90. The molecule has 1 aliphatic rings. The lowest BCUT2D eigenvalue weighted by atomic mass is 10.1. The Labute approximate surface area is 107 Å². The van der Waals surface area contributed by atoms with E-state index < -0.39 is 36.8 Å². The van der Waals surface area contributed by atoms with E-state index in [9.17, 15) is 15.0 Å². The van der Waals surface area contributed by atoms with Crippen LogP contribution in [0.15, 0.2) is 11.0 Å². The van der Waals surface area contributed by atoms with Crippen LogP contribution in [-0.2, 0) is 4.74 Å². The first-order valence-electron chi connectivity index (χ1n) is 5.40. The molecule has 1 aromatic rings. The maximum Gasteiger partial charge on any atom is 0.328 e. The van der Waals surface area contributed by atoms with Gasteiger partial charge in [0.2, 0.25) is 0 Å². The van der Waals surface area contributed by atoms with Crippen molar-refractivity contribution >= 4 is 12.2 Å². The third-order valence-corrected chi connectivity index (χ3v) is 3.36. The first-order chi connectivity index (χ1) is 8.45. The fourth-order valence-corrected chi connectivity index (χ4v) is 2.03. The molecule has 0 radical (unpaired) electrons. The van der Waals surface area contributed by atoms with Crippen molar-refractivity contribution in [1.29, 1.82) is 0 Å². The predicted octanol–water partition coefficient (Wildman–Crippen LogP) is -1.17. The number of nitrogens with one attached hydrogen (secondary N) is 1. The molecule has 0 unspecified atom stereocenters. The van der Waals surface area contributed by atoms with E-state index in [-0.39, 0.29) is 0 Å². The molecule has 8 heteroatoms. The second-order valence-electron chi connectivity index (χ2n) is 4.21. The van der Waals surface area contributed by atoms with E-state index in [0.29, 0.717) is 10.2 Å². The topological polar surface area (TPSA) is 108 Å². The molecule has 0 amide bonds. The van der Waals surface area contributed by atoms with Gasteiger partial charge in [-0.3, -0.25) is 9.55 Å². The second-order valence-corrected chi connectivity index (χ2v) is 4.62. The summed E-state index contributed by atoms with van der Waals surface area (Å²) in [5.41, 5.74) is 0.0998. The Morgan fingerprint density at radius 1 is 1.50 bits per heavy atom. The maximum atomic E-state index is 11.7. The van der Waals surface area contributed by atoms with Crippen LogP contribution in [-0.4, -0.2) is 49.8 Å². The van der Waals surface area contributed by atoms with Crippen molar-refractivity contribution in [2.45, 2.75) is 31.5 Å². The quantitative estimate of drug-likeness (QED) is 0.506. The van der Waals surface area contributed by atoms with Gasteiger partial charge in [0.05, 0.1) is 6.61 Å². The lowest BCUT2D eigenvalue weighted by Gasteiger charge is -2.17. The van der Waals surface area contributed by atoms with Gasteiger partial charge >= 0.3 is 5.69 Å². The van der Waals surface area contributed by atoms with Gasteiger partial charge in [-0.05, 0) is 6.92 Å². The van der Waals surface area contributed by atoms with Crippen molar-refractivity contribution in [2.24, 2.45) is 0 Å². The molecular formula is C10H14N2O5S. The van der Waals surface area contributed by atoms with Gasteiger partial charge in [0.1, 0.15) is 23.0 Å². The Morgan fingerprint density at radius 3 is 2.72 bits per heavy atom. The molecule has 2 rings (SSSR count). The highest BCUT2D eigenvalue weighted by molar-refractivity contribution is 7.71. The van der Waals surface area contributed by atoms with Crippen molar-refractivity contribution in [1.82, 2.24) is 9.55 Å². The van der Waals surface area contributed by atoms with Gasteiger partial charge in [0.15, 0.2) is 6.23 Å². The number of hydrogen-bond acceptors (Lipinski definition) is 6. The van der Waals surface area contributed by atoms with E-state index in [1.54, 1.807) is 6.92 Å². The van der Waals surface area contributed by atoms with Crippen LogP contribution >= 0.6 is 12.2 Å². The van der Waals surface area contributed by atoms with Crippen molar-refractivity contribution in [3.63, 3.8) is 0 Å². The molecule has 0 spiro atoms. The zero-order chi connectivity index (χ0) is 13.4. The van der Waals surface area contributed by atoms with Gasteiger partial charge in [-0.15, -0.1) is 0 Å². The zero-order valence-electron chi connectivity index (χ0n) is 9.61. The van der Waals surface area contributed by atoms with Crippen LogP contribution in [0.5, 0.6) is 0 Å². The fraction of sp³-hybridized carbons (Fsp3) is 0.600. The Hall–Kier alpha value is -1.06. The van der Waals surface area contributed by atoms with Crippen LogP contribution in [0.2, 0.25) is 0 Å². The lowest BCUT2D eigenvalue weighted by molar-refractivity contribution is -0.0550. The molecule has 1 aliphatic heterocycles. The highest BCUT2D eigenvalue weighted by atomic mass is 32.1. The number of rotatable bonds is 2. The first kappa shape index (κ1) is 13.4. The highest BCUT2D eigenvalue weighted by Gasteiger charge is 2.43. The molecule has 4 N–H and O–H groups in total. The summed E-state index contributed by atoms with van der Waals surface area (Å²) in [6.07, 6.45) is -3.05. The Bertz CT molecular complexity index is 554. The molecule has 4 atom stereocenters. The minimum Gasteiger partial charge on any atom is -0.394 e. The van der Waals surface area contributed by atoms with Gasteiger partial charge in [-0.25, -0.2) is 4.79 Å². The number of ether oxygens (including phenoxy) is 1. The summed E-state index contributed by atoms with van der Waals surface area (Å²) in [5.74, 6) is 0. The fourth-order valence-electron chi connectivity index (χ4n) is 1.88. The largest absolute Gasteiger partial charge is 0.394 e. The summed E-state index contributed by atoms with van der Waals surface area (Å²) in [6, 6.07) is 0. The summed E-state index contributed by atoms with van der Waals surface area (Å²) in [6.45, 7) is 1.27. The molecule has 2 heterocycles. The van der Waals surface area contributed by atoms with Gasteiger partial charge in [0.25, 0.3) is 0 Å². The van der Waals surface area contributed by atoms with Crippen LogP contribution in [0.4, 0.5) is 0 Å². The third kappa shape index (κ3) is 2.13. The highest BCUT2D eigenvalue weighted by Crippen LogP contribution is 2.28.